The molecule has 1 aliphatic rings. The van der Waals surface area contributed by atoms with Gasteiger partial charge in [-0.05, 0) is 91.2 Å². The molecule has 0 saturated carbocycles. The number of nitrogens with two attached hydrogens (primary N) is 1. The number of benzene rings is 1. The van der Waals surface area contributed by atoms with Crippen molar-refractivity contribution in [1.29, 1.82) is 0 Å². The Kier molecular flexibility index (Phi) is 15.9. The number of rotatable bonds is 20. The van der Waals surface area contributed by atoms with Crippen LogP contribution in [-0.2, 0) is 39.9 Å². The topological polar surface area (TPSA) is 190 Å². The number of ketones is 1. The van der Waals surface area contributed by atoms with Crippen molar-refractivity contribution in [3.63, 3.8) is 0 Å². The largest absolute Gasteiger partial charge is 0.465 e. The predicted octanol–water partition coefficient (Wildman–Crippen LogP) is 3.51. The Morgan fingerprint density at radius 2 is 1.72 bits per heavy atom. The van der Waals surface area contributed by atoms with Gasteiger partial charge in [-0.25, -0.2) is 9.59 Å². The number of unbranched alkanes of at least 4 members (excludes halogenated alkanes) is 2. The Labute approximate surface area is 270 Å². The highest BCUT2D eigenvalue weighted by Gasteiger charge is 2.59. The maximum absolute atomic E-state index is 14.7. The fourth-order valence-corrected chi connectivity index (χ4v) is 5.36. The first-order valence-corrected chi connectivity index (χ1v) is 16.0. The standard InChI is InChI=1S/C32H50N4O10/c1-5-43-28(38)26(18-17-24-14-7-6-8-15-24)34-25(16-9-10-20-33)27(37)32(29(39)44-22-11-12-23-45-36(41)42)19-13-21-35(32)30(40)46-31(2,3)4/h6-8,14-15,25-26,34H,5,9-13,16-23,33H2,1-4H3/t25?,26?,32-/m1/s1. The van der Waals surface area contributed by atoms with E-state index in [0.717, 1.165) is 10.5 Å². The molecule has 1 amide bonds. The Balaban J connectivity index is 2.43. The maximum atomic E-state index is 14.7. The molecule has 3 atom stereocenters. The third-order valence-corrected chi connectivity index (χ3v) is 7.51. The van der Waals surface area contributed by atoms with Gasteiger partial charge in [0.15, 0.2) is 5.78 Å². The monoisotopic (exact) mass is 650 g/mol. The van der Waals surface area contributed by atoms with E-state index in [1.54, 1.807) is 27.7 Å². The number of nitrogens with one attached hydrogen (secondary N) is 1. The van der Waals surface area contributed by atoms with E-state index in [-0.39, 0.29) is 52.0 Å². The van der Waals surface area contributed by atoms with Crippen molar-refractivity contribution in [3.05, 3.63) is 46.0 Å². The van der Waals surface area contributed by atoms with Crippen molar-refractivity contribution in [2.24, 2.45) is 5.73 Å². The molecule has 0 spiro atoms. The molecule has 0 aliphatic carbocycles. The van der Waals surface area contributed by atoms with E-state index in [1.807, 2.05) is 30.3 Å². The summed E-state index contributed by atoms with van der Waals surface area (Å²) in [7, 11) is 0. The second-order valence-corrected chi connectivity index (χ2v) is 12.2. The summed E-state index contributed by atoms with van der Waals surface area (Å²) in [5, 5.41) is 12.7. The van der Waals surface area contributed by atoms with Crippen molar-refractivity contribution in [2.45, 2.75) is 109 Å². The molecule has 2 rings (SSSR count). The van der Waals surface area contributed by atoms with Crippen LogP contribution in [0.4, 0.5) is 4.79 Å². The van der Waals surface area contributed by atoms with E-state index in [1.165, 1.54) is 0 Å². The van der Waals surface area contributed by atoms with E-state index in [0.29, 0.717) is 38.6 Å². The number of nitrogens with zero attached hydrogens (tertiary/aromatic N) is 2. The number of esters is 2. The minimum atomic E-state index is -2.02. The van der Waals surface area contributed by atoms with E-state index in [9.17, 15) is 29.3 Å². The molecule has 258 valence electrons. The fourth-order valence-electron chi connectivity index (χ4n) is 5.36. The predicted molar refractivity (Wildman–Crippen MR) is 168 cm³/mol. The lowest BCUT2D eigenvalue weighted by Gasteiger charge is -2.38. The van der Waals surface area contributed by atoms with Gasteiger partial charge in [0, 0.05) is 6.54 Å². The zero-order valence-electron chi connectivity index (χ0n) is 27.5. The van der Waals surface area contributed by atoms with Gasteiger partial charge in [-0.3, -0.25) is 19.8 Å². The molecule has 0 radical (unpaired) electrons. The molecule has 2 unspecified atom stereocenters. The van der Waals surface area contributed by atoms with Crippen molar-refractivity contribution >= 4 is 23.8 Å². The molecule has 14 heteroatoms. The van der Waals surface area contributed by atoms with Crippen LogP contribution in [-0.4, -0.2) is 89.9 Å². The van der Waals surface area contributed by atoms with E-state index >= 15 is 0 Å². The number of Topliss-reactive ketones (excluding diaryl/α,β-unsaturated/α-hetero) is 1. The molecule has 1 aromatic rings. The van der Waals surface area contributed by atoms with Crippen molar-refractivity contribution in [1.82, 2.24) is 10.2 Å². The van der Waals surface area contributed by atoms with Gasteiger partial charge in [0.25, 0.3) is 5.09 Å². The first-order chi connectivity index (χ1) is 21.9. The second kappa shape index (κ2) is 19.0. The molecule has 1 fully saturated rings. The van der Waals surface area contributed by atoms with Gasteiger partial charge in [0.2, 0.25) is 5.54 Å². The molecule has 46 heavy (non-hydrogen) atoms. The molecule has 14 nitrogen and oxygen atoms in total. The molecular formula is C32H50N4O10. The average molecular weight is 651 g/mol. The van der Waals surface area contributed by atoms with Gasteiger partial charge >= 0.3 is 18.0 Å². The number of carbonyl (C=O) groups excluding carboxylic acids is 4. The number of likely N-dealkylation sites (tertiary alicyclic amines) is 1. The van der Waals surface area contributed by atoms with Crippen LogP contribution < -0.4 is 11.1 Å². The molecule has 0 aromatic heterocycles. The van der Waals surface area contributed by atoms with E-state index < -0.39 is 52.1 Å². The Morgan fingerprint density at radius 1 is 1.02 bits per heavy atom. The maximum Gasteiger partial charge on any atom is 0.411 e. The molecule has 1 aliphatic heterocycles. The van der Waals surface area contributed by atoms with Crippen LogP contribution in [0, 0.1) is 10.1 Å². The van der Waals surface area contributed by atoms with E-state index in [4.69, 9.17) is 19.9 Å². The lowest BCUT2D eigenvalue weighted by molar-refractivity contribution is -0.757. The highest BCUT2D eigenvalue weighted by molar-refractivity contribution is 6.13. The summed E-state index contributed by atoms with van der Waals surface area (Å²) in [6.45, 7) is 7.03. The number of ether oxygens (including phenoxy) is 3. The lowest BCUT2D eigenvalue weighted by atomic mass is 9.84. The minimum Gasteiger partial charge on any atom is -0.465 e. The highest BCUT2D eigenvalue weighted by atomic mass is 16.9. The van der Waals surface area contributed by atoms with Gasteiger partial charge < -0.3 is 24.8 Å². The molecule has 3 N–H and O–H groups in total. The quantitative estimate of drug-likeness (QED) is 0.0522. The molecule has 0 bridgehead atoms. The zero-order valence-corrected chi connectivity index (χ0v) is 27.5. The summed E-state index contributed by atoms with van der Waals surface area (Å²) in [4.78, 5) is 71.1. The first-order valence-electron chi connectivity index (χ1n) is 16.0. The van der Waals surface area contributed by atoms with Gasteiger partial charge in [-0.15, -0.1) is 10.1 Å². The molecule has 1 aromatic carbocycles. The molecule has 1 saturated heterocycles. The normalized spacial score (nSPS) is 17.5. The third kappa shape index (κ3) is 11.9. The SMILES string of the molecule is CCOC(=O)C(CCc1ccccc1)NC(CCCCN)C(=O)[C@@]1(C(=O)OCCCCO[N+](=O)[O-])CCCN1C(=O)OC(C)(C)C. The van der Waals surface area contributed by atoms with E-state index in [2.05, 4.69) is 10.2 Å². The summed E-state index contributed by atoms with van der Waals surface area (Å²) < 4.78 is 16.5. The highest BCUT2D eigenvalue weighted by Crippen LogP contribution is 2.35. The molecular weight excluding hydrogens is 600 g/mol. The summed E-state index contributed by atoms with van der Waals surface area (Å²) >= 11 is 0. The van der Waals surface area contributed by atoms with Crippen molar-refractivity contribution in [2.75, 3.05) is 32.9 Å². The number of hydrogen-bond donors (Lipinski definition) is 2. The van der Waals surface area contributed by atoms with Crippen LogP contribution >= 0.6 is 0 Å². The van der Waals surface area contributed by atoms with Crippen LogP contribution in [0.15, 0.2) is 30.3 Å². The van der Waals surface area contributed by atoms with Crippen LogP contribution in [0.3, 0.4) is 0 Å². The van der Waals surface area contributed by atoms with Crippen LogP contribution in [0.1, 0.15) is 84.6 Å². The smallest absolute Gasteiger partial charge is 0.411 e. The summed E-state index contributed by atoms with van der Waals surface area (Å²) in [6.07, 6.45) is 2.17. The number of aryl methyl sites for hydroxylation is 1. The van der Waals surface area contributed by atoms with Gasteiger partial charge in [-0.2, -0.15) is 0 Å². The number of amides is 1. The van der Waals surface area contributed by atoms with Crippen LogP contribution in [0.5, 0.6) is 0 Å². The fraction of sp³-hybridized carbons (Fsp3) is 0.688. The molecule has 1 heterocycles. The summed E-state index contributed by atoms with van der Waals surface area (Å²) in [5.74, 6) is -2.05. The summed E-state index contributed by atoms with van der Waals surface area (Å²) in [6, 6.07) is 7.68. The number of carbonyl (C=O) groups is 4. The summed E-state index contributed by atoms with van der Waals surface area (Å²) in [5.41, 5.74) is 3.83. The lowest BCUT2D eigenvalue weighted by Crippen LogP contribution is -2.65. The zero-order chi connectivity index (χ0) is 34.2. The third-order valence-electron chi connectivity index (χ3n) is 7.51. The Bertz CT molecular complexity index is 1140. The van der Waals surface area contributed by atoms with Gasteiger partial charge in [-0.1, -0.05) is 36.8 Å². The second-order valence-electron chi connectivity index (χ2n) is 12.2. The first kappa shape index (κ1) is 38.4. The van der Waals surface area contributed by atoms with Gasteiger partial charge in [0.05, 0.1) is 25.9 Å². The van der Waals surface area contributed by atoms with Gasteiger partial charge in [0.1, 0.15) is 11.6 Å². The van der Waals surface area contributed by atoms with Crippen LogP contribution in [0.2, 0.25) is 0 Å². The van der Waals surface area contributed by atoms with Crippen molar-refractivity contribution < 1.29 is 43.3 Å². The minimum absolute atomic E-state index is 0.00248. The van der Waals surface area contributed by atoms with Crippen molar-refractivity contribution in [3.8, 4) is 0 Å². The Hall–Kier alpha value is -3.78. The average Bonchev–Trinajstić information content (AvgIpc) is 3.46. The van der Waals surface area contributed by atoms with Crippen LogP contribution in [0.25, 0.3) is 0 Å². The Morgan fingerprint density at radius 3 is 2.35 bits per heavy atom. The number of hydrogen-bond acceptors (Lipinski definition) is 12.